The first kappa shape index (κ1) is 21.2. The Bertz CT molecular complexity index is 1120. The average molecular weight is 486 g/mol. The predicted octanol–water partition coefficient (Wildman–Crippen LogP) is 4.97. The third-order valence-corrected chi connectivity index (χ3v) is 5.76. The minimum atomic E-state index is -0.450. The number of ether oxygens (including phenoxy) is 2. The number of hydrogen-bond donors (Lipinski definition) is 1. The summed E-state index contributed by atoms with van der Waals surface area (Å²) in [5, 5.41) is 4.84. The lowest BCUT2D eigenvalue weighted by molar-refractivity contribution is 0.0929. The maximum atomic E-state index is 12.5. The van der Waals surface area contributed by atoms with Crippen molar-refractivity contribution in [3.8, 4) is 11.5 Å². The van der Waals surface area contributed by atoms with Crippen molar-refractivity contribution in [2.24, 2.45) is 5.10 Å². The van der Waals surface area contributed by atoms with Gasteiger partial charge in [0.25, 0.3) is 0 Å². The van der Waals surface area contributed by atoms with Crippen LogP contribution in [0.1, 0.15) is 35.4 Å². The Morgan fingerprint density at radius 2 is 1.87 bits per heavy atom. The molecule has 1 aromatic heterocycles. The first-order valence-corrected chi connectivity index (χ1v) is 10.9. The van der Waals surface area contributed by atoms with Crippen LogP contribution in [0.25, 0.3) is 11.0 Å². The van der Waals surface area contributed by atoms with Crippen LogP contribution in [-0.2, 0) is 0 Å². The maximum Gasteiger partial charge on any atom is 0.307 e. The van der Waals surface area contributed by atoms with Crippen LogP contribution in [0.4, 0.5) is 5.69 Å². The van der Waals surface area contributed by atoms with E-state index < -0.39 is 5.91 Å². The second kappa shape index (κ2) is 9.43. The maximum absolute atomic E-state index is 12.5. The van der Waals surface area contributed by atoms with Crippen LogP contribution in [0.2, 0.25) is 0 Å². The van der Waals surface area contributed by atoms with Crippen molar-refractivity contribution in [3.63, 3.8) is 0 Å². The smallest absolute Gasteiger partial charge is 0.307 e. The van der Waals surface area contributed by atoms with Gasteiger partial charge in [0.05, 0.1) is 20.4 Å². The number of carbonyl (C=O) groups is 1. The fourth-order valence-electron chi connectivity index (χ4n) is 3.72. The normalized spacial score (nSPS) is 14.2. The van der Waals surface area contributed by atoms with E-state index in [9.17, 15) is 4.79 Å². The molecule has 1 saturated heterocycles. The van der Waals surface area contributed by atoms with E-state index in [1.54, 1.807) is 32.6 Å². The number of benzene rings is 2. The Morgan fingerprint density at radius 3 is 2.61 bits per heavy atom. The van der Waals surface area contributed by atoms with Gasteiger partial charge in [0.15, 0.2) is 17.1 Å². The number of rotatable bonds is 6. The zero-order chi connectivity index (χ0) is 21.8. The molecule has 2 heterocycles. The Kier molecular flexibility index (Phi) is 6.46. The average Bonchev–Trinajstić information content (AvgIpc) is 3.23. The topological polar surface area (TPSA) is 76.3 Å². The number of carbonyl (C=O) groups excluding carboxylic acids is 1. The highest BCUT2D eigenvalue weighted by Crippen LogP contribution is 2.32. The van der Waals surface area contributed by atoms with Gasteiger partial charge >= 0.3 is 5.91 Å². The molecule has 2 aromatic carbocycles. The molecule has 0 radical (unpaired) electrons. The minimum absolute atomic E-state index is 0.149. The number of anilines is 1. The molecule has 8 heteroatoms. The van der Waals surface area contributed by atoms with Gasteiger partial charge in [-0.1, -0.05) is 15.9 Å². The van der Waals surface area contributed by atoms with Crippen molar-refractivity contribution < 1.29 is 18.7 Å². The van der Waals surface area contributed by atoms with Gasteiger partial charge < -0.3 is 18.8 Å². The van der Waals surface area contributed by atoms with E-state index in [4.69, 9.17) is 13.9 Å². The molecule has 7 nitrogen and oxygen atoms in total. The van der Waals surface area contributed by atoms with Crippen molar-refractivity contribution in [1.82, 2.24) is 5.43 Å². The van der Waals surface area contributed by atoms with Crippen LogP contribution in [0.15, 0.2) is 50.4 Å². The first-order chi connectivity index (χ1) is 15.1. The van der Waals surface area contributed by atoms with Gasteiger partial charge in [-0.25, -0.2) is 5.43 Å². The number of piperidine rings is 1. The van der Waals surface area contributed by atoms with Gasteiger partial charge in [-0.2, -0.15) is 5.10 Å². The number of methoxy groups -OCH3 is 2. The highest BCUT2D eigenvalue weighted by atomic mass is 79.9. The molecule has 0 atom stereocenters. The molecule has 1 fully saturated rings. The molecule has 0 saturated carbocycles. The van der Waals surface area contributed by atoms with Crippen molar-refractivity contribution in [2.75, 3.05) is 32.2 Å². The van der Waals surface area contributed by atoms with Crippen molar-refractivity contribution in [2.45, 2.75) is 19.3 Å². The molecule has 1 amide bonds. The monoisotopic (exact) mass is 485 g/mol. The number of hydrogen-bond acceptors (Lipinski definition) is 6. The molecule has 3 aromatic rings. The van der Waals surface area contributed by atoms with E-state index in [1.807, 2.05) is 18.2 Å². The molecule has 4 rings (SSSR count). The number of halogens is 1. The summed E-state index contributed by atoms with van der Waals surface area (Å²) in [6, 6.07) is 11.3. The van der Waals surface area contributed by atoms with E-state index in [-0.39, 0.29) is 5.76 Å². The SMILES string of the molecule is COc1cc(N2CCCCC2)ccc1/C=N\NC(=O)c1cc2cc(Br)cc(OC)c2o1. The van der Waals surface area contributed by atoms with Gasteiger partial charge in [-0.05, 0) is 49.6 Å². The summed E-state index contributed by atoms with van der Waals surface area (Å²) in [5.74, 6) is 0.954. The number of hydrazone groups is 1. The van der Waals surface area contributed by atoms with Gasteiger partial charge in [0.2, 0.25) is 0 Å². The second-order valence-electron chi connectivity index (χ2n) is 7.31. The van der Waals surface area contributed by atoms with Gasteiger partial charge in [-0.15, -0.1) is 0 Å². The molecule has 0 bridgehead atoms. The highest BCUT2D eigenvalue weighted by Gasteiger charge is 2.16. The van der Waals surface area contributed by atoms with Gasteiger partial charge in [-0.3, -0.25) is 4.79 Å². The number of fused-ring (bicyclic) bond motifs is 1. The Labute approximate surface area is 189 Å². The fourth-order valence-corrected chi connectivity index (χ4v) is 4.17. The lowest BCUT2D eigenvalue weighted by Crippen LogP contribution is -2.29. The van der Waals surface area contributed by atoms with Gasteiger partial charge in [0.1, 0.15) is 5.75 Å². The molecule has 1 aliphatic heterocycles. The number of nitrogens with zero attached hydrogens (tertiary/aromatic N) is 2. The van der Waals surface area contributed by atoms with Gasteiger partial charge in [0, 0.05) is 40.3 Å². The molecule has 31 heavy (non-hydrogen) atoms. The summed E-state index contributed by atoms with van der Waals surface area (Å²) < 4.78 is 17.4. The Balaban J connectivity index is 1.48. The quantitative estimate of drug-likeness (QED) is 0.394. The van der Waals surface area contributed by atoms with Crippen LogP contribution in [0.3, 0.4) is 0 Å². The first-order valence-electron chi connectivity index (χ1n) is 10.1. The third-order valence-electron chi connectivity index (χ3n) is 5.30. The number of amides is 1. The number of furan rings is 1. The van der Waals surface area contributed by atoms with Crippen molar-refractivity contribution >= 4 is 44.7 Å². The summed E-state index contributed by atoms with van der Waals surface area (Å²) in [4.78, 5) is 14.9. The Hall–Kier alpha value is -3.00. The van der Waals surface area contributed by atoms with E-state index in [2.05, 4.69) is 37.4 Å². The second-order valence-corrected chi connectivity index (χ2v) is 8.23. The summed E-state index contributed by atoms with van der Waals surface area (Å²) >= 11 is 3.42. The molecular weight excluding hydrogens is 462 g/mol. The van der Waals surface area contributed by atoms with Crippen LogP contribution in [0.5, 0.6) is 11.5 Å². The summed E-state index contributed by atoms with van der Waals surface area (Å²) in [6.07, 6.45) is 5.27. The molecule has 1 N–H and O–H groups in total. The van der Waals surface area contributed by atoms with Crippen molar-refractivity contribution in [1.29, 1.82) is 0 Å². The molecule has 0 unspecified atom stereocenters. The molecule has 0 spiro atoms. The lowest BCUT2D eigenvalue weighted by atomic mass is 10.1. The predicted molar refractivity (Wildman–Crippen MR) is 125 cm³/mol. The highest BCUT2D eigenvalue weighted by molar-refractivity contribution is 9.10. The summed E-state index contributed by atoms with van der Waals surface area (Å²) in [6.45, 7) is 2.12. The molecular formula is C23H24BrN3O4. The van der Waals surface area contributed by atoms with Crippen LogP contribution < -0.4 is 19.8 Å². The summed E-state index contributed by atoms with van der Waals surface area (Å²) in [7, 11) is 3.18. The molecule has 162 valence electrons. The van der Waals surface area contributed by atoms with Crippen molar-refractivity contribution in [3.05, 3.63) is 52.2 Å². The summed E-state index contributed by atoms with van der Waals surface area (Å²) in [5.41, 5.74) is 4.93. The molecule has 0 aliphatic carbocycles. The Morgan fingerprint density at radius 1 is 1.10 bits per heavy atom. The van der Waals surface area contributed by atoms with Crippen LogP contribution in [0, 0.1) is 0 Å². The van der Waals surface area contributed by atoms with Crippen LogP contribution >= 0.6 is 15.9 Å². The van der Waals surface area contributed by atoms with E-state index in [0.29, 0.717) is 17.1 Å². The van der Waals surface area contributed by atoms with E-state index in [1.165, 1.54) is 19.3 Å². The minimum Gasteiger partial charge on any atom is -0.496 e. The standard InChI is InChI=1S/C23H24BrN3O4/c1-29-19-13-18(27-8-4-3-5-9-27)7-6-15(19)14-25-26-23(28)21-11-16-10-17(24)12-20(30-2)22(16)31-21/h6-7,10-14H,3-5,8-9H2,1-2H3,(H,26,28)/b25-14-. The van der Waals surface area contributed by atoms with E-state index >= 15 is 0 Å². The fraction of sp³-hybridized carbons (Fsp3) is 0.304. The third kappa shape index (κ3) is 4.69. The zero-order valence-corrected chi connectivity index (χ0v) is 19.1. The zero-order valence-electron chi connectivity index (χ0n) is 17.5. The number of nitrogens with one attached hydrogen (secondary N) is 1. The van der Waals surface area contributed by atoms with Crippen LogP contribution in [-0.4, -0.2) is 39.4 Å². The lowest BCUT2D eigenvalue weighted by Gasteiger charge is -2.29. The largest absolute Gasteiger partial charge is 0.496 e. The van der Waals surface area contributed by atoms with E-state index in [0.717, 1.165) is 34.2 Å². The molecule has 1 aliphatic rings.